The molecule has 0 aromatic rings. The third-order valence-corrected chi connectivity index (χ3v) is 2.91. The lowest BCUT2D eigenvalue weighted by Gasteiger charge is -2.34. The molecule has 0 N–H and O–H groups in total. The van der Waals surface area contributed by atoms with Gasteiger partial charge in [0.1, 0.15) is 0 Å². The lowest BCUT2D eigenvalue weighted by atomic mass is 10.2. The topological polar surface area (TPSA) is 38.8 Å². The Morgan fingerprint density at radius 1 is 1.00 bits per heavy atom. The molecule has 15 heavy (non-hydrogen) atoms. The highest BCUT2D eigenvalue weighted by atomic mass is 16.5. The van der Waals surface area contributed by atoms with E-state index in [4.69, 9.17) is 4.74 Å². The molecule has 1 rings (SSSR count). The van der Waals surface area contributed by atoms with E-state index in [9.17, 15) is 5.11 Å². The largest absolute Gasteiger partial charge is 0.854 e. The second-order valence-corrected chi connectivity index (χ2v) is 4.09. The monoisotopic (exact) mass is 215 g/mol. The number of nitrogens with zero attached hydrogens (tertiary/aromatic N) is 2. The first-order chi connectivity index (χ1) is 7.36. The lowest BCUT2D eigenvalue weighted by Crippen LogP contribution is -2.47. The normalized spacial score (nSPS) is 19.6. The summed E-state index contributed by atoms with van der Waals surface area (Å²) in [6.07, 6.45) is 1.92. The maximum atomic E-state index is 10.4. The minimum Gasteiger partial charge on any atom is -0.854 e. The van der Waals surface area contributed by atoms with Gasteiger partial charge < -0.3 is 19.6 Å². The van der Waals surface area contributed by atoms with E-state index >= 15 is 0 Å². The van der Waals surface area contributed by atoms with Crippen molar-refractivity contribution in [1.82, 2.24) is 9.80 Å². The zero-order valence-electron chi connectivity index (χ0n) is 9.78. The first kappa shape index (κ1) is 12.9. The molecule has 0 aromatic carbocycles. The summed E-state index contributed by atoms with van der Waals surface area (Å²) in [4.78, 5) is 4.87. The Labute approximate surface area is 92.8 Å². The van der Waals surface area contributed by atoms with Crippen molar-refractivity contribution in [2.45, 2.75) is 12.8 Å². The van der Waals surface area contributed by atoms with Crippen molar-refractivity contribution in [3.8, 4) is 0 Å². The fourth-order valence-electron chi connectivity index (χ4n) is 1.96. The molecule has 4 nitrogen and oxygen atoms in total. The fourth-order valence-corrected chi connectivity index (χ4v) is 1.96. The Hall–Kier alpha value is -0.160. The summed E-state index contributed by atoms with van der Waals surface area (Å²) in [5.74, 6) is 0. The molecule has 0 radical (unpaired) electrons. The Morgan fingerprint density at radius 3 is 2.00 bits per heavy atom. The van der Waals surface area contributed by atoms with Crippen LogP contribution < -0.4 is 5.11 Å². The van der Waals surface area contributed by atoms with Gasteiger partial charge in [-0.15, -0.1) is 6.61 Å². The van der Waals surface area contributed by atoms with E-state index in [-0.39, 0.29) is 6.61 Å². The fraction of sp³-hybridized carbons (Fsp3) is 1.00. The van der Waals surface area contributed by atoms with E-state index in [1.54, 1.807) is 7.11 Å². The van der Waals surface area contributed by atoms with Crippen LogP contribution in [0.5, 0.6) is 0 Å². The summed E-state index contributed by atoms with van der Waals surface area (Å²) in [5, 5.41) is 10.4. The van der Waals surface area contributed by atoms with Crippen LogP contribution in [0.3, 0.4) is 0 Å². The summed E-state index contributed by atoms with van der Waals surface area (Å²) in [5.41, 5.74) is 0. The number of hydrogen-bond donors (Lipinski definition) is 0. The van der Waals surface area contributed by atoms with Crippen LogP contribution in [-0.4, -0.2) is 69.4 Å². The van der Waals surface area contributed by atoms with Crippen molar-refractivity contribution in [2.75, 3.05) is 59.6 Å². The summed E-state index contributed by atoms with van der Waals surface area (Å²) in [6, 6.07) is 0. The molecule has 1 fully saturated rings. The van der Waals surface area contributed by atoms with Gasteiger partial charge in [0.25, 0.3) is 0 Å². The van der Waals surface area contributed by atoms with E-state index < -0.39 is 0 Å². The van der Waals surface area contributed by atoms with Gasteiger partial charge in [0.15, 0.2) is 0 Å². The molecule has 0 unspecified atom stereocenters. The molecule has 1 saturated heterocycles. The molecule has 1 aliphatic heterocycles. The maximum absolute atomic E-state index is 10.4. The molecule has 1 heterocycles. The highest BCUT2D eigenvalue weighted by Gasteiger charge is 2.14. The van der Waals surface area contributed by atoms with Gasteiger partial charge in [0.05, 0.1) is 0 Å². The average molecular weight is 215 g/mol. The smallest absolute Gasteiger partial charge is 0.0474 e. The number of ether oxygens (including phenoxy) is 1. The van der Waals surface area contributed by atoms with Crippen LogP contribution in [0.2, 0.25) is 0 Å². The third kappa shape index (κ3) is 5.47. The summed E-state index contributed by atoms with van der Waals surface area (Å²) in [6.45, 7) is 7.56. The number of piperazine rings is 1. The highest BCUT2D eigenvalue weighted by molar-refractivity contribution is 4.71. The van der Waals surface area contributed by atoms with Crippen molar-refractivity contribution < 1.29 is 9.84 Å². The molecule has 0 atom stereocenters. The molecule has 0 aromatic heterocycles. The molecule has 90 valence electrons. The zero-order valence-corrected chi connectivity index (χ0v) is 9.78. The molecule has 0 spiro atoms. The van der Waals surface area contributed by atoms with Crippen LogP contribution in [-0.2, 0) is 4.74 Å². The lowest BCUT2D eigenvalue weighted by molar-refractivity contribution is -0.368. The predicted octanol–water partition coefficient (Wildman–Crippen LogP) is -0.609. The van der Waals surface area contributed by atoms with Gasteiger partial charge in [0.2, 0.25) is 0 Å². The molecule has 0 amide bonds. The second-order valence-electron chi connectivity index (χ2n) is 4.09. The number of hydrogen-bond acceptors (Lipinski definition) is 4. The second kappa shape index (κ2) is 8.05. The van der Waals surface area contributed by atoms with Crippen LogP contribution in [0.15, 0.2) is 0 Å². The Morgan fingerprint density at radius 2 is 1.53 bits per heavy atom. The van der Waals surface area contributed by atoms with Gasteiger partial charge in [0, 0.05) is 46.4 Å². The van der Waals surface area contributed by atoms with E-state index in [2.05, 4.69) is 9.80 Å². The van der Waals surface area contributed by atoms with Gasteiger partial charge in [-0.2, -0.15) is 0 Å². The average Bonchev–Trinajstić information content (AvgIpc) is 2.28. The van der Waals surface area contributed by atoms with Gasteiger partial charge in [-0.25, -0.2) is 0 Å². The van der Waals surface area contributed by atoms with Crippen LogP contribution in [0.1, 0.15) is 12.8 Å². The summed E-state index contributed by atoms with van der Waals surface area (Å²) < 4.78 is 5.04. The minimum absolute atomic E-state index is 0.0635. The standard InChI is InChI=1S/C11H23N2O2/c1-15-11-3-5-13-8-6-12(7-9-13)4-2-10-14/h2-11H2,1H3/q-1. The Balaban J connectivity index is 2.02. The van der Waals surface area contributed by atoms with E-state index in [1.165, 1.54) is 0 Å². The SMILES string of the molecule is COCCCN1CCN(CCC[O-])CC1. The molecule has 0 aliphatic carbocycles. The highest BCUT2D eigenvalue weighted by Crippen LogP contribution is 2.02. The minimum atomic E-state index is 0.0635. The van der Waals surface area contributed by atoms with E-state index in [0.29, 0.717) is 0 Å². The quantitative estimate of drug-likeness (QED) is 0.531. The van der Waals surface area contributed by atoms with Gasteiger partial charge >= 0.3 is 0 Å². The Bertz CT molecular complexity index is 148. The number of rotatable bonds is 7. The molecule has 0 saturated carbocycles. The van der Waals surface area contributed by atoms with Crippen molar-refractivity contribution in [1.29, 1.82) is 0 Å². The van der Waals surface area contributed by atoms with Crippen molar-refractivity contribution >= 4 is 0 Å². The van der Waals surface area contributed by atoms with E-state index in [1.807, 2.05) is 0 Å². The van der Waals surface area contributed by atoms with Gasteiger partial charge in [-0.1, -0.05) is 6.42 Å². The van der Waals surface area contributed by atoms with Crippen LogP contribution >= 0.6 is 0 Å². The van der Waals surface area contributed by atoms with E-state index in [0.717, 1.165) is 58.7 Å². The van der Waals surface area contributed by atoms with Crippen LogP contribution in [0.25, 0.3) is 0 Å². The third-order valence-electron chi connectivity index (χ3n) is 2.91. The first-order valence-corrected chi connectivity index (χ1v) is 5.88. The van der Waals surface area contributed by atoms with Crippen LogP contribution in [0, 0.1) is 0 Å². The van der Waals surface area contributed by atoms with Crippen molar-refractivity contribution in [3.63, 3.8) is 0 Å². The van der Waals surface area contributed by atoms with Crippen molar-refractivity contribution in [3.05, 3.63) is 0 Å². The summed E-state index contributed by atoms with van der Waals surface area (Å²) >= 11 is 0. The maximum Gasteiger partial charge on any atom is 0.0474 e. The summed E-state index contributed by atoms with van der Waals surface area (Å²) in [7, 11) is 1.75. The Kier molecular flexibility index (Phi) is 6.92. The van der Waals surface area contributed by atoms with Crippen molar-refractivity contribution in [2.24, 2.45) is 0 Å². The van der Waals surface area contributed by atoms with Gasteiger partial charge in [-0.3, -0.25) is 0 Å². The number of methoxy groups -OCH3 is 1. The molecular formula is C11H23N2O2-. The van der Waals surface area contributed by atoms with Gasteiger partial charge in [-0.05, 0) is 13.0 Å². The predicted molar refractivity (Wildman–Crippen MR) is 58.9 cm³/mol. The molecule has 4 heteroatoms. The van der Waals surface area contributed by atoms with Crippen LogP contribution in [0.4, 0.5) is 0 Å². The molecular weight excluding hydrogens is 192 g/mol. The molecule has 0 bridgehead atoms. The zero-order chi connectivity index (χ0) is 10.9. The first-order valence-electron chi connectivity index (χ1n) is 5.88. The molecule has 1 aliphatic rings.